The molecule has 1 aliphatic rings. The Morgan fingerprint density at radius 3 is 2.86 bits per heavy atom. The minimum absolute atomic E-state index is 0.138. The summed E-state index contributed by atoms with van der Waals surface area (Å²) in [5.74, 6) is 0.631. The fourth-order valence-corrected chi connectivity index (χ4v) is 3.16. The molecule has 1 amide bonds. The van der Waals surface area contributed by atoms with E-state index in [9.17, 15) is 4.79 Å². The molecule has 0 unspecified atom stereocenters. The highest BCUT2D eigenvalue weighted by molar-refractivity contribution is 5.77. The van der Waals surface area contributed by atoms with Gasteiger partial charge in [0.15, 0.2) is 0 Å². The normalized spacial score (nSPS) is 13.2. The molecule has 2 N–H and O–H groups in total. The third-order valence-corrected chi connectivity index (χ3v) is 4.65. The molecular weight excluding hydrogens is 352 g/mol. The topological polar surface area (TPSA) is 83.0 Å². The van der Waals surface area contributed by atoms with E-state index in [0.717, 1.165) is 23.5 Å². The van der Waals surface area contributed by atoms with Crippen LogP contribution in [0.5, 0.6) is 0 Å². The lowest BCUT2D eigenvalue weighted by atomic mass is 10.1. The van der Waals surface area contributed by atoms with E-state index in [1.54, 1.807) is 18.6 Å². The van der Waals surface area contributed by atoms with Crippen molar-refractivity contribution in [3.63, 3.8) is 0 Å². The number of nitrogens with zero attached hydrogens (tertiary/aromatic N) is 4. The average Bonchev–Trinajstić information content (AvgIpc) is 2.96. The van der Waals surface area contributed by atoms with Crippen molar-refractivity contribution >= 4 is 23.2 Å². The number of amides is 1. The Hall–Kier alpha value is -3.48. The summed E-state index contributed by atoms with van der Waals surface area (Å²) in [7, 11) is 0. The molecular formula is C21H22N6O. The average molecular weight is 374 g/mol. The van der Waals surface area contributed by atoms with Crippen molar-refractivity contribution in [2.75, 3.05) is 23.7 Å². The van der Waals surface area contributed by atoms with Crippen molar-refractivity contribution in [3.8, 4) is 0 Å². The summed E-state index contributed by atoms with van der Waals surface area (Å²) in [6.45, 7) is 1.80. The molecule has 7 heteroatoms. The molecule has 0 aliphatic carbocycles. The Balaban J connectivity index is 1.44. The maximum absolute atomic E-state index is 12.7. The second-order valence-corrected chi connectivity index (χ2v) is 6.65. The molecule has 0 saturated carbocycles. The highest BCUT2D eigenvalue weighted by Gasteiger charge is 2.20. The van der Waals surface area contributed by atoms with Crippen LogP contribution in [-0.4, -0.2) is 38.8 Å². The van der Waals surface area contributed by atoms with E-state index in [0.29, 0.717) is 32.0 Å². The summed E-state index contributed by atoms with van der Waals surface area (Å²) in [5.41, 5.74) is 3.68. The lowest BCUT2D eigenvalue weighted by Crippen LogP contribution is -2.33. The molecule has 1 aliphatic heterocycles. The molecule has 0 radical (unpaired) electrons. The van der Waals surface area contributed by atoms with Gasteiger partial charge in [0.25, 0.3) is 0 Å². The zero-order valence-corrected chi connectivity index (χ0v) is 15.5. The van der Waals surface area contributed by atoms with Crippen LogP contribution in [0.15, 0.2) is 61.1 Å². The number of rotatable bonds is 5. The van der Waals surface area contributed by atoms with Crippen molar-refractivity contribution in [2.45, 2.75) is 19.4 Å². The minimum atomic E-state index is 0.138. The van der Waals surface area contributed by atoms with Gasteiger partial charge in [0.05, 0.1) is 36.0 Å². The van der Waals surface area contributed by atoms with Gasteiger partial charge in [-0.15, -0.1) is 0 Å². The van der Waals surface area contributed by atoms with Gasteiger partial charge in [-0.2, -0.15) is 0 Å². The summed E-state index contributed by atoms with van der Waals surface area (Å²) in [6, 6.07) is 13.8. The number of nitrogens with one attached hydrogen (secondary N) is 2. The highest BCUT2D eigenvalue weighted by Crippen LogP contribution is 2.21. The number of pyridine rings is 1. The van der Waals surface area contributed by atoms with Crippen LogP contribution in [0.1, 0.15) is 17.7 Å². The maximum Gasteiger partial charge on any atom is 0.227 e. The molecule has 2 aromatic heterocycles. The van der Waals surface area contributed by atoms with Crippen LogP contribution >= 0.6 is 0 Å². The smallest absolute Gasteiger partial charge is 0.227 e. The number of carbonyl (C=O) groups is 1. The first-order valence-electron chi connectivity index (χ1n) is 9.36. The number of benzene rings is 1. The van der Waals surface area contributed by atoms with E-state index < -0.39 is 0 Å². The maximum atomic E-state index is 12.7. The second kappa shape index (κ2) is 8.47. The van der Waals surface area contributed by atoms with Crippen LogP contribution in [-0.2, 0) is 17.8 Å². The molecule has 28 heavy (non-hydrogen) atoms. The van der Waals surface area contributed by atoms with Gasteiger partial charge in [0.2, 0.25) is 11.9 Å². The molecule has 7 nitrogen and oxygen atoms in total. The number of hydrogen-bond donors (Lipinski definition) is 2. The third-order valence-electron chi connectivity index (χ3n) is 4.65. The van der Waals surface area contributed by atoms with Gasteiger partial charge < -0.3 is 15.5 Å². The molecule has 3 heterocycles. The number of aromatic nitrogens is 3. The Bertz CT molecular complexity index is 932. The Morgan fingerprint density at radius 2 is 2.04 bits per heavy atom. The largest absolute Gasteiger partial charge is 0.380 e. The van der Waals surface area contributed by atoms with Gasteiger partial charge >= 0.3 is 0 Å². The first-order valence-corrected chi connectivity index (χ1v) is 9.36. The van der Waals surface area contributed by atoms with Crippen LogP contribution in [0, 0.1) is 0 Å². The van der Waals surface area contributed by atoms with Gasteiger partial charge in [-0.1, -0.05) is 30.3 Å². The molecule has 0 atom stereocenters. The van der Waals surface area contributed by atoms with E-state index in [2.05, 4.69) is 37.7 Å². The molecule has 4 rings (SSSR count). The van der Waals surface area contributed by atoms with E-state index >= 15 is 0 Å². The van der Waals surface area contributed by atoms with E-state index in [-0.39, 0.29) is 5.91 Å². The van der Waals surface area contributed by atoms with Crippen molar-refractivity contribution < 1.29 is 4.79 Å². The first-order chi connectivity index (χ1) is 13.8. The van der Waals surface area contributed by atoms with Gasteiger partial charge in [0.1, 0.15) is 0 Å². The fourth-order valence-electron chi connectivity index (χ4n) is 3.16. The second-order valence-electron chi connectivity index (χ2n) is 6.65. The van der Waals surface area contributed by atoms with E-state index in [1.807, 2.05) is 35.2 Å². The third kappa shape index (κ3) is 4.43. The monoisotopic (exact) mass is 374 g/mol. The number of aryl methyl sites for hydroxylation is 1. The van der Waals surface area contributed by atoms with Crippen LogP contribution in [0.25, 0.3) is 0 Å². The van der Waals surface area contributed by atoms with Crippen LogP contribution < -0.4 is 10.6 Å². The predicted octanol–water partition coefficient (Wildman–Crippen LogP) is 3.00. The molecule has 1 aromatic carbocycles. The van der Waals surface area contributed by atoms with Gasteiger partial charge in [-0.3, -0.25) is 9.78 Å². The molecule has 0 saturated heterocycles. The minimum Gasteiger partial charge on any atom is -0.380 e. The van der Waals surface area contributed by atoms with Crippen LogP contribution in [0.2, 0.25) is 0 Å². The van der Waals surface area contributed by atoms with Crippen molar-refractivity contribution in [1.29, 1.82) is 0 Å². The Morgan fingerprint density at radius 1 is 1.14 bits per heavy atom. The van der Waals surface area contributed by atoms with Crippen molar-refractivity contribution in [3.05, 3.63) is 72.3 Å². The molecule has 142 valence electrons. The summed E-state index contributed by atoms with van der Waals surface area (Å²) in [6.07, 6.45) is 6.43. The molecule has 0 spiro atoms. The summed E-state index contributed by atoms with van der Waals surface area (Å²) in [4.78, 5) is 27.7. The number of fused-ring (bicyclic) bond motifs is 1. The first kappa shape index (κ1) is 17.9. The SMILES string of the molecule is O=C(CCc1ccccc1)N1CCNc2cnc(Nc3cccnc3)nc2C1. The van der Waals surface area contributed by atoms with Crippen LogP contribution in [0.3, 0.4) is 0 Å². The fraction of sp³-hybridized carbons (Fsp3) is 0.238. The summed E-state index contributed by atoms with van der Waals surface area (Å²) in [5, 5.41) is 6.47. The van der Waals surface area contributed by atoms with E-state index in [1.165, 1.54) is 5.56 Å². The zero-order chi connectivity index (χ0) is 19.2. The van der Waals surface area contributed by atoms with Gasteiger partial charge in [-0.25, -0.2) is 9.97 Å². The predicted molar refractivity (Wildman–Crippen MR) is 108 cm³/mol. The lowest BCUT2D eigenvalue weighted by molar-refractivity contribution is -0.131. The Kier molecular flexibility index (Phi) is 5.42. The highest BCUT2D eigenvalue weighted by atomic mass is 16.2. The Labute approximate surface area is 163 Å². The van der Waals surface area contributed by atoms with Crippen molar-refractivity contribution in [1.82, 2.24) is 19.9 Å². The zero-order valence-electron chi connectivity index (χ0n) is 15.5. The summed E-state index contributed by atoms with van der Waals surface area (Å²) < 4.78 is 0. The lowest BCUT2D eigenvalue weighted by Gasteiger charge is -2.20. The molecule has 0 bridgehead atoms. The molecule has 3 aromatic rings. The number of anilines is 3. The standard InChI is InChI=1S/C21H22N6O/c28-20(9-8-16-5-2-1-3-6-16)27-12-11-23-18-14-24-21(26-19(18)15-27)25-17-7-4-10-22-13-17/h1-7,10,13-14,23H,8-9,11-12,15H2,(H,24,25,26). The van der Waals surface area contributed by atoms with E-state index in [4.69, 9.17) is 0 Å². The molecule has 0 fully saturated rings. The van der Waals surface area contributed by atoms with Crippen LogP contribution in [0.4, 0.5) is 17.3 Å². The quantitative estimate of drug-likeness (QED) is 0.714. The number of carbonyl (C=O) groups excluding carboxylic acids is 1. The summed E-state index contributed by atoms with van der Waals surface area (Å²) >= 11 is 0. The van der Waals surface area contributed by atoms with Gasteiger partial charge in [0, 0.05) is 25.7 Å². The number of hydrogen-bond acceptors (Lipinski definition) is 6. The van der Waals surface area contributed by atoms with Gasteiger partial charge in [-0.05, 0) is 24.1 Å². The van der Waals surface area contributed by atoms with Crippen molar-refractivity contribution in [2.24, 2.45) is 0 Å².